The molecule has 0 aromatic heterocycles. The van der Waals surface area contributed by atoms with Crippen LogP contribution in [0.5, 0.6) is 5.75 Å². The summed E-state index contributed by atoms with van der Waals surface area (Å²) in [6.45, 7) is 7.18. The molecule has 5 nitrogen and oxygen atoms in total. The molecule has 110 valence electrons. The van der Waals surface area contributed by atoms with Crippen LogP contribution in [-0.4, -0.2) is 62.1 Å². The number of amides is 1. The van der Waals surface area contributed by atoms with Gasteiger partial charge in [0.25, 0.3) is 0 Å². The molecule has 0 saturated carbocycles. The second-order valence-electron chi connectivity index (χ2n) is 4.90. The zero-order chi connectivity index (χ0) is 14.4. The van der Waals surface area contributed by atoms with Crippen LogP contribution < -0.4 is 10.1 Å². The van der Waals surface area contributed by atoms with Crippen molar-refractivity contribution in [2.75, 3.05) is 51.7 Å². The van der Waals surface area contributed by atoms with E-state index in [-0.39, 0.29) is 5.91 Å². The Morgan fingerprint density at radius 1 is 1.20 bits per heavy atom. The van der Waals surface area contributed by atoms with Gasteiger partial charge in [-0.1, -0.05) is 6.92 Å². The van der Waals surface area contributed by atoms with Crippen molar-refractivity contribution in [3.63, 3.8) is 0 Å². The number of anilines is 1. The maximum absolute atomic E-state index is 12.1. The molecule has 1 N–H and O–H groups in total. The second kappa shape index (κ2) is 7.14. The Bertz CT molecular complexity index is 425. The van der Waals surface area contributed by atoms with E-state index in [1.165, 1.54) is 0 Å². The Kier molecular flexibility index (Phi) is 5.24. The predicted molar refractivity (Wildman–Crippen MR) is 80.2 cm³/mol. The molecule has 0 bridgehead atoms. The normalized spacial score (nSPS) is 16.0. The van der Waals surface area contributed by atoms with Gasteiger partial charge in [-0.3, -0.25) is 4.79 Å². The number of likely N-dealkylation sites (N-methyl/N-ethyl adjacent to an activating group) is 1. The predicted octanol–water partition coefficient (Wildman–Crippen LogP) is 1.27. The molecule has 1 aromatic rings. The fourth-order valence-corrected chi connectivity index (χ4v) is 2.31. The lowest BCUT2D eigenvalue weighted by Gasteiger charge is -2.34. The minimum atomic E-state index is 0.163. The fourth-order valence-electron chi connectivity index (χ4n) is 2.31. The molecule has 0 unspecified atom stereocenters. The molecular weight excluding hydrogens is 254 g/mol. The number of carbonyl (C=O) groups excluding carboxylic acids is 1. The number of methoxy groups -OCH3 is 1. The van der Waals surface area contributed by atoms with Gasteiger partial charge < -0.3 is 19.9 Å². The summed E-state index contributed by atoms with van der Waals surface area (Å²) in [5, 5.41) is 3.16. The summed E-state index contributed by atoms with van der Waals surface area (Å²) in [6.07, 6.45) is 0. The van der Waals surface area contributed by atoms with E-state index in [1.54, 1.807) is 7.11 Å². The third-order valence-electron chi connectivity index (χ3n) is 3.71. The zero-order valence-corrected chi connectivity index (χ0v) is 12.3. The molecule has 1 amide bonds. The van der Waals surface area contributed by atoms with Gasteiger partial charge in [0.15, 0.2) is 0 Å². The molecule has 2 rings (SSSR count). The maximum Gasteiger partial charge on any atom is 0.241 e. The summed E-state index contributed by atoms with van der Waals surface area (Å²) < 4.78 is 5.10. The largest absolute Gasteiger partial charge is 0.497 e. The number of rotatable bonds is 5. The number of benzene rings is 1. The molecule has 1 heterocycles. The topological polar surface area (TPSA) is 44.8 Å². The van der Waals surface area contributed by atoms with Crippen molar-refractivity contribution in [3.05, 3.63) is 24.3 Å². The van der Waals surface area contributed by atoms with Crippen molar-refractivity contribution in [3.8, 4) is 5.75 Å². The quantitative estimate of drug-likeness (QED) is 0.880. The minimum Gasteiger partial charge on any atom is -0.497 e. The van der Waals surface area contributed by atoms with Gasteiger partial charge in [-0.15, -0.1) is 0 Å². The number of hydrogen-bond acceptors (Lipinski definition) is 4. The first kappa shape index (κ1) is 14.7. The molecule has 0 aliphatic carbocycles. The van der Waals surface area contributed by atoms with E-state index in [9.17, 15) is 4.79 Å². The Labute approximate surface area is 120 Å². The molecule has 1 aliphatic heterocycles. The average molecular weight is 277 g/mol. The van der Waals surface area contributed by atoms with E-state index in [1.807, 2.05) is 29.2 Å². The van der Waals surface area contributed by atoms with E-state index in [0.717, 1.165) is 44.2 Å². The fraction of sp³-hybridized carbons (Fsp3) is 0.533. The molecule has 1 aliphatic rings. The van der Waals surface area contributed by atoms with E-state index in [0.29, 0.717) is 6.54 Å². The summed E-state index contributed by atoms with van der Waals surface area (Å²) in [6, 6.07) is 7.60. The molecule has 1 saturated heterocycles. The van der Waals surface area contributed by atoms with Gasteiger partial charge >= 0.3 is 0 Å². The molecule has 1 fully saturated rings. The van der Waals surface area contributed by atoms with Crippen molar-refractivity contribution < 1.29 is 9.53 Å². The van der Waals surface area contributed by atoms with Crippen molar-refractivity contribution in [1.29, 1.82) is 0 Å². The maximum atomic E-state index is 12.1. The van der Waals surface area contributed by atoms with Crippen LogP contribution in [0.25, 0.3) is 0 Å². The van der Waals surface area contributed by atoms with Crippen molar-refractivity contribution in [2.45, 2.75) is 6.92 Å². The smallest absolute Gasteiger partial charge is 0.241 e. The first-order valence-corrected chi connectivity index (χ1v) is 7.11. The summed E-state index contributed by atoms with van der Waals surface area (Å²) in [5.41, 5.74) is 0.936. The second-order valence-corrected chi connectivity index (χ2v) is 4.90. The molecule has 1 aromatic carbocycles. The van der Waals surface area contributed by atoms with Crippen LogP contribution in [0.2, 0.25) is 0 Å². The van der Waals surface area contributed by atoms with Gasteiger partial charge in [0, 0.05) is 31.9 Å². The third kappa shape index (κ3) is 3.87. The van der Waals surface area contributed by atoms with Crippen LogP contribution in [0.4, 0.5) is 5.69 Å². The molecule has 5 heteroatoms. The van der Waals surface area contributed by atoms with Crippen molar-refractivity contribution in [1.82, 2.24) is 9.80 Å². The van der Waals surface area contributed by atoms with Crippen molar-refractivity contribution in [2.24, 2.45) is 0 Å². The zero-order valence-electron chi connectivity index (χ0n) is 12.3. The van der Waals surface area contributed by atoms with Gasteiger partial charge in [-0.05, 0) is 30.8 Å². The molecule has 0 atom stereocenters. The van der Waals surface area contributed by atoms with Crippen LogP contribution in [0.15, 0.2) is 24.3 Å². The van der Waals surface area contributed by atoms with Crippen LogP contribution in [-0.2, 0) is 4.79 Å². The van der Waals surface area contributed by atoms with Crippen LogP contribution in [0.1, 0.15) is 6.92 Å². The number of piperazine rings is 1. The van der Waals surface area contributed by atoms with Crippen LogP contribution >= 0.6 is 0 Å². The van der Waals surface area contributed by atoms with Gasteiger partial charge in [0.05, 0.1) is 13.7 Å². The highest BCUT2D eigenvalue weighted by molar-refractivity contribution is 5.81. The first-order valence-electron chi connectivity index (χ1n) is 7.11. The molecule has 0 radical (unpaired) electrons. The van der Waals surface area contributed by atoms with Gasteiger partial charge in [-0.25, -0.2) is 0 Å². The Balaban J connectivity index is 1.77. The summed E-state index contributed by atoms with van der Waals surface area (Å²) in [4.78, 5) is 16.4. The number of ether oxygens (including phenoxy) is 1. The lowest BCUT2D eigenvalue weighted by molar-refractivity contribution is -0.131. The number of carbonyl (C=O) groups is 1. The molecule has 20 heavy (non-hydrogen) atoms. The number of hydrogen-bond donors (Lipinski definition) is 1. The molecular formula is C15H23N3O2. The minimum absolute atomic E-state index is 0.163. The summed E-state index contributed by atoms with van der Waals surface area (Å²) in [5.74, 6) is 0.981. The highest BCUT2D eigenvalue weighted by Crippen LogP contribution is 2.14. The van der Waals surface area contributed by atoms with E-state index >= 15 is 0 Å². The Morgan fingerprint density at radius 3 is 2.40 bits per heavy atom. The Morgan fingerprint density at radius 2 is 1.85 bits per heavy atom. The van der Waals surface area contributed by atoms with E-state index < -0.39 is 0 Å². The van der Waals surface area contributed by atoms with E-state index in [2.05, 4.69) is 17.1 Å². The monoisotopic (exact) mass is 277 g/mol. The van der Waals surface area contributed by atoms with Crippen LogP contribution in [0, 0.1) is 0 Å². The first-order chi connectivity index (χ1) is 9.72. The Hall–Kier alpha value is -1.75. The van der Waals surface area contributed by atoms with E-state index in [4.69, 9.17) is 4.74 Å². The third-order valence-corrected chi connectivity index (χ3v) is 3.71. The number of nitrogens with zero attached hydrogens (tertiary/aromatic N) is 2. The lowest BCUT2D eigenvalue weighted by atomic mass is 10.3. The molecule has 0 spiro atoms. The highest BCUT2D eigenvalue weighted by atomic mass is 16.5. The van der Waals surface area contributed by atoms with Gasteiger partial charge in [0.2, 0.25) is 5.91 Å². The summed E-state index contributed by atoms with van der Waals surface area (Å²) in [7, 11) is 1.64. The summed E-state index contributed by atoms with van der Waals surface area (Å²) >= 11 is 0. The van der Waals surface area contributed by atoms with Crippen molar-refractivity contribution >= 4 is 11.6 Å². The average Bonchev–Trinajstić information content (AvgIpc) is 2.53. The van der Waals surface area contributed by atoms with Gasteiger partial charge in [0.1, 0.15) is 5.75 Å². The highest BCUT2D eigenvalue weighted by Gasteiger charge is 2.19. The van der Waals surface area contributed by atoms with Crippen LogP contribution in [0.3, 0.4) is 0 Å². The van der Waals surface area contributed by atoms with Gasteiger partial charge in [-0.2, -0.15) is 0 Å². The lowest BCUT2D eigenvalue weighted by Crippen LogP contribution is -2.49. The standard InChI is InChI=1S/C15H23N3O2/c1-3-17-8-10-18(11-9-17)15(19)12-16-13-4-6-14(20-2)7-5-13/h4-7,16H,3,8-12H2,1-2H3. The number of nitrogens with one attached hydrogen (secondary N) is 1. The SMILES string of the molecule is CCN1CCN(C(=O)CNc2ccc(OC)cc2)CC1.